The fourth-order valence-electron chi connectivity index (χ4n) is 1.95. The average molecular weight is 254 g/mol. The van der Waals surface area contributed by atoms with Crippen LogP contribution >= 0.6 is 0 Å². The van der Waals surface area contributed by atoms with Gasteiger partial charge in [-0.05, 0) is 24.8 Å². The van der Waals surface area contributed by atoms with Gasteiger partial charge in [0.2, 0.25) is 0 Å². The molecule has 18 heavy (non-hydrogen) atoms. The highest BCUT2D eigenvalue weighted by Crippen LogP contribution is 2.18. The number of aromatic carboxylic acids is 1. The van der Waals surface area contributed by atoms with Crippen molar-refractivity contribution in [3.05, 3.63) is 23.6 Å². The maximum absolute atomic E-state index is 12.9. The third-order valence-electron chi connectivity index (χ3n) is 2.95. The van der Waals surface area contributed by atoms with Crippen molar-refractivity contribution in [2.24, 2.45) is 5.92 Å². The van der Waals surface area contributed by atoms with Crippen molar-refractivity contribution in [3.8, 4) is 0 Å². The second kappa shape index (κ2) is 5.77. The number of aromatic nitrogens is 1. The molecule has 0 aromatic carbocycles. The summed E-state index contributed by atoms with van der Waals surface area (Å²) >= 11 is 0. The lowest BCUT2D eigenvalue weighted by Crippen LogP contribution is -2.13. The number of nitrogens with one attached hydrogen (secondary N) is 1. The standard InChI is InChI=1S/C12H15FN2O3/c13-9-5-10(12(16)17)11(15-6-9)14-3-1-8-2-4-18-7-8/h5-6,8H,1-4,7H2,(H,14,15)(H,16,17). The molecule has 1 saturated heterocycles. The van der Waals surface area contributed by atoms with Gasteiger partial charge in [-0.15, -0.1) is 0 Å². The molecule has 0 spiro atoms. The van der Waals surface area contributed by atoms with Crippen LogP contribution in [-0.2, 0) is 4.74 Å². The molecule has 1 fully saturated rings. The third kappa shape index (κ3) is 3.16. The molecule has 0 radical (unpaired) electrons. The zero-order chi connectivity index (χ0) is 13.0. The van der Waals surface area contributed by atoms with Gasteiger partial charge in [-0.1, -0.05) is 0 Å². The largest absolute Gasteiger partial charge is 0.478 e. The lowest BCUT2D eigenvalue weighted by Gasteiger charge is -2.10. The first kappa shape index (κ1) is 12.8. The Hall–Kier alpha value is -1.69. The Bertz CT molecular complexity index is 433. The molecule has 98 valence electrons. The van der Waals surface area contributed by atoms with Crippen molar-refractivity contribution >= 4 is 11.8 Å². The minimum Gasteiger partial charge on any atom is -0.478 e. The highest BCUT2D eigenvalue weighted by atomic mass is 19.1. The van der Waals surface area contributed by atoms with E-state index in [4.69, 9.17) is 9.84 Å². The van der Waals surface area contributed by atoms with Crippen molar-refractivity contribution < 1.29 is 19.0 Å². The van der Waals surface area contributed by atoms with E-state index in [1.807, 2.05) is 0 Å². The van der Waals surface area contributed by atoms with E-state index in [2.05, 4.69) is 10.3 Å². The third-order valence-corrected chi connectivity index (χ3v) is 2.95. The van der Waals surface area contributed by atoms with Gasteiger partial charge in [-0.3, -0.25) is 0 Å². The Morgan fingerprint density at radius 3 is 3.17 bits per heavy atom. The molecule has 0 bridgehead atoms. The van der Waals surface area contributed by atoms with E-state index in [1.54, 1.807) is 0 Å². The summed E-state index contributed by atoms with van der Waals surface area (Å²) in [5.74, 6) is -1.12. The van der Waals surface area contributed by atoms with Crippen LogP contribution < -0.4 is 5.32 Å². The number of carboxylic acid groups (broad SMARTS) is 1. The smallest absolute Gasteiger partial charge is 0.339 e. The van der Waals surface area contributed by atoms with Gasteiger partial charge in [0.1, 0.15) is 17.2 Å². The maximum atomic E-state index is 12.9. The first-order chi connectivity index (χ1) is 8.66. The lowest BCUT2D eigenvalue weighted by molar-refractivity contribution is 0.0697. The number of halogens is 1. The molecule has 6 heteroatoms. The van der Waals surface area contributed by atoms with E-state index in [0.29, 0.717) is 12.5 Å². The predicted octanol–water partition coefficient (Wildman–Crippen LogP) is 1.76. The molecule has 1 unspecified atom stereocenters. The van der Waals surface area contributed by atoms with Crippen molar-refractivity contribution in [3.63, 3.8) is 0 Å². The Morgan fingerprint density at radius 2 is 2.50 bits per heavy atom. The molecule has 1 aromatic rings. The first-order valence-corrected chi connectivity index (χ1v) is 5.87. The number of nitrogens with zero attached hydrogens (tertiary/aromatic N) is 1. The normalized spacial score (nSPS) is 18.8. The summed E-state index contributed by atoms with van der Waals surface area (Å²) in [6.07, 6.45) is 2.93. The number of pyridine rings is 1. The van der Waals surface area contributed by atoms with Crippen LogP contribution in [0.15, 0.2) is 12.3 Å². The topological polar surface area (TPSA) is 71.5 Å². The minimum absolute atomic E-state index is 0.141. The van der Waals surface area contributed by atoms with Crippen molar-refractivity contribution in [1.29, 1.82) is 0 Å². The first-order valence-electron chi connectivity index (χ1n) is 5.87. The van der Waals surface area contributed by atoms with Crippen LogP contribution in [0.3, 0.4) is 0 Å². The highest BCUT2D eigenvalue weighted by Gasteiger charge is 2.16. The number of carbonyl (C=O) groups is 1. The summed E-state index contributed by atoms with van der Waals surface area (Å²) in [7, 11) is 0. The average Bonchev–Trinajstić information content (AvgIpc) is 2.84. The number of hydrogen-bond acceptors (Lipinski definition) is 4. The van der Waals surface area contributed by atoms with E-state index in [-0.39, 0.29) is 11.4 Å². The van der Waals surface area contributed by atoms with E-state index in [1.165, 1.54) is 0 Å². The van der Waals surface area contributed by atoms with Gasteiger partial charge in [-0.2, -0.15) is 0 Å². The van der Waals surface area contributed by atoms with Crippen molar-refractivity contribution in [2.45, 2.75) is 12.8 Å². The van der Waals surface area contributed by atoms with E-state index < -0.39 is 11.8 Å². The van der Waals surface area contributed by atoms with Gasteiger partial charge in [0, 0.05) is 19.8 Å². The molecule has 1 aliphatic rings. The number of anilines is 1. The highest BCUT2D eigenvalue weighted by molar-refractivity contribution is 5.93. The van der Waals surface area contributed by atoms with Crippen LogP contribution in [-0.4, -0.2) is 35.8 Å². The number of ether oxygens (including phenoxy) is 1. The van der Waals surface area contributed by atoms with Crippen LogP contribution in [0.4, 0.5) is 10.2 Å². The summed E-state index contributed by atoms with van der Waals surface area (Å²) in [5.41, 5.74) is -0.141. The fraction of sp³-hybridized carbons (Fsp3) is 0.500. The summed E-state index contributed by atoms with van der Waals surface area (Å²) in [6.45, 7) is 2.15. The minimum atomic E-state index is -1.19. The van der Waals surface area contributed by atoms with Gasteiger partial charge >= 0.3 is 5.97 Å². The van der Waals surface area contributed by atoms with Crippen LogP contribution in [0.5, 0.6) is 0 Å². The summed E-state index contributed by atoms with van der Waals surface area (Å²) in [5, 5.41) is 11.9. The van der Waals surface area contributed by atoms with Gasteiger partial charge in [0.15, 0.2) is 0 Å². The molecule has 0 saturated carbocycles. The molecular formula is C12H15FN2O3. The van der Waals surface area contributed by atoms with Gasteiger partial charge in [0.25, 0.3) is 0 Å². The van der Waals surface area contributed by atoms with Crippen LogP contribution in [0.2, 0.25) is 0 Å². The number of carboxylic acids is 1. The predicted molar refractivity (Wildman–Crippen MR) is 63.2 cm³/mol. The summed E-state index contributed by atoms with van der Waals surface area (Å²) in [6, 6.07) is 0.969. The SMILES string of the molecule is O=C(O)c1cc(F)cnc1NCCC1CCOC1. The van der Waals surface area contributed by atoms with Crippen molar-refractivity contribution in [1.82, 2.24) is 4.98 Å². The molecular weight excluding hydrogens is 239 g/mol. The Kier molecular flexibility index (Phi) is 4.09. The number of rotatable bonds is 5. The molecule has 5 nitrogen and oxygen atoms in total. The second-order valence-corrected chi connectivity index (χ2v) is 4.30. The quantitative estimate of drug-likeness (QED) is 0.837. The molecule has 2 N–H and O–H groups in total. The van der Waals surface area contributed by atoms with E-state index in [9.17, 15) is 9.18 Å². The Labute approximate surface area is 104 Å². The van der Waals surface area contributed by atoms with Crippen LogP contribution in [0.25, 0.3) is 0 Å². The van der Waals surface area contributed by atoms with Crippen LogP contribution in [0, 0.1) is 11.7 Å². The number of hydrogen-bond donors (Lipinski definition) is 2. The van der Waals surface area contributed by atoms with Gasteiger partial charge in [-0.25, -0.2) is 14.2 Å². The molecule has 0 amide bonds. The molecule has 1 atom stereocenters. The molecule has 0 aliphatic carbocycles. The summed E-state index contributed by atoms with van der Waals surface area (Å²) in [4.78, 5) is 14.7. The second-order valence-electron chi connectivity index (χ2n) is 4.30. The Morgan fingerprint density at radius 1 is 1.67 bits per heavy atom. The Balaban J connectivity index is 1.93. The fourth-order valence-corrected chi connectivity index (χ4v) is 1.95. The molecule has 1 aliphatic heterocycles. The molecule has 1 aromatic heterocycles. The maximum Gasteiger partial charge on any atom is 0.339 e. The summed E-state index contributed by atoms with van der Waals surface area (Å²) < 4.78 is 18.2. The zero-order valence-corrected chi connectivity index (χ0v) is 9.86. The lowest BCUT2D eigenvalue weighted by atomic mass is 10.1. The monoisotopic (exact) mass is 254 g/mol. The van der Waals surface area contributed by atoms with E-state index in [0.717, 1.165) is 38.3 Å². The van der Waals surface area contributed by atoms with Crippen molar-refractivity contribution in [2.75, 3.05) is 25.1 Å². The van der Waals surface area contributed by atoms with Crippen LogP contribution in [0.1, 0.15) is 23.2 Å². The zero-order valence-electron chi connectivity index (χ0n) is 9.86. The molecule has 2 rings (SSSR count). The van der Waals surface area contributed by atoms with Gasteiger partial charge in [0.05, 0.1) is 6.20 Å². The molecule has 2 heterocycles. The van der Waals surface area contributed by atoms with Gasteiger partial charge < -0.3 is 15.2 Å². The van der Waals surface area contributed by atoms with E-state index >= 15 is 0 Å².